The number of thioether (sulfide) groups is 1. The van der Waals surface area contributed by atoms with Crippen LogP contribution in [0, 0.1) is 5.92 Å². The van der Waals surface area contributed by atoms with Gasteiger partial charge in [0.25, 0.3) is 0 Å². The molecule has 1 saturated carbocycles. The van der Waals surface area contributed by atoms with Gasteiger partial charge in [-0.15, -0.1) is 0 Å². The van der Waals surface area contributed by atoms with E-state index in [1.165, 1.54) is 19.3 Å². The first kappa shape index (κ1) is 13.0. The lowest BCUT2D eigenvalue weighted by atomic mass is 9.93. The minimum atomic E-state index is 0.230. The number of rotatable bonds is 4. The fourth-order valence-corrected chi connectivity index (χ4v) is 4.03. The van der Waals surface area contributed by atoms with Crippen LogP contribution >= 0.6 is 11.8 Å². The summed E-state index contributed by atoms with van der Waals surface area (Å²) in [5.74, 6) is 1.68. The molecule has 1 fully saturated rings. The summed E-state index contributed by atoms with van der Waals surface area (Å²) in [6.07, 6.45) is 11.1. The SMILES string of the molecule is CCSC1CCCC1NC(=O)C1CC=CCC1. The van der Waals surface area contributed by atoms with Crippen LogP contribution in [0.3, 0.4) is 0 Å². The Balaban J connectivity index is 1.82. The van der Waals surface area contributed by atoms with Crippen molar-refractivity contribution in [3.05, 3.63) is 12.2 Å². The maximum Gasteiger partial charge on any atom is 0.223 e. The van der Waals surface area contributed by atoms with Gasteiger partial charge in [-0.1, -0.05) is 25.5 Å². The Bertz CT molecular complexity index is 290. The van der Waals surface area contributed by atoms with Crippen molar-refractivity contribution in [2.45, 2.75) is 56.7 Å². The summed E-state index contributed by atoms with van der Waals surface area (Å²) in [6, 6.07) is 0.429. The smallest absolute Gasteiger partial charge is 0.223 e. The molecule has 0 aliphatic heterocycles. The molecule has 96 valence electrons. The van der Waals surface area contributed by atoms with E-state index in [0.717, 1.165) is 25.0 Å². The average molecular weight is 253 g/mol. The molecule has 0 heterocycles. The fourth-order valence-electron chi connectivity index (χ4n) is 2.84. The number of nitrogens with one attached hydrogen (secondary N) is 1. The molecular formula is C14H23NOS. The van der Waals surface area contributed by atoms with Gasteiger partial charge < -0.3 is 5.32 Å². The standard InChI is InChI=1S/C14H23NOS/c1-2-17-13-10-6-9-12(13)15-14(16)11-7-4-3-5-8-11/h3-4,11-13H,2,5-10H2,1H3,(H,15,16). The number of carbonyl (C=O) groups is 1. The molecule has 0 bridgehead atoms. The summed E-state index contributed by atoms with van der Waals surface area (Å²) in [7, 11) is 0. The molecule has 0 aromatic heterocycles. The van der Waals surface area contributed by atoms with Crippen LogP contribution in [0.5, 0.6) is 0 Å². The van der Waals surface area contributed by atoms with Crippen molar-refractivity contribution in [3.63, 3.8) is 0 Å². The van der Waals surface area contributed by atoms with E-state index in [0.29, 0.717) is 17.2 Å². The number of hydrogen-bond acceptors (Lipinski definition) is 2. The Morgan fingerprint density at radius 3 is 2.94 bits per heavy atom. The predicted molar refractivity (Wildman–Crippen MR) is 74.2 cm³/mol. The third kappa shape index (κ3) is 3.51. The third-order valence-electron chi connectivity index (χ3n) is 3.80. The van der Waals surface area contributed by atoms with Crippen molar-refractivity contribution in [2.24, 2.45) is 5.92 Å². The van der Waals surface area contributed by atoms with E-state index in [4.69, 9.17) is 0 Å². The van der Waals surface area contributed by atoms with Gasteiger partial charge in [-0.05, 0) is 37.9 Å². The van der Waals surface area contributed by atoms with Crippen molar-refractivity contribution >= 4 is 17.7 Å². The van der Waals surface area contributed by atoms with E-state index in [-0.39, 0.29) is 5.92 Å². The second-order valence-corrected chi connectivity index (χ2v) is 6.54. The predicted octanol–water partition coefficient (Wildman–Crippen LogP) is 3.13. The monoisotopic (exact) mass is 253 g/mol. The summed E-state index contributed by atoms with van der Waals surface area (Å²) < 4.78 is 0. The minimum Gasteiger partial charge on any atom is -0.352 e. The molecule has 0 aromatic carbocycles. The van der Waals surface area contributed by atoms with Gasteiger partial charge in [-0.2, -0.15) is 11.8 Å². The Labute approximate surface area is 109 Å². The molecule has 0 aromatic rings. The topological polar surface area (TPSA) is 29.1 Å². The summed E-state index contributed by atoms with van der Waals surface area (Å²) in [6.45, 7) is 2.20. The first-order valence-electron chi connectivity index (χ1n) is 6.88. The molecule has 17 heavy (non-hydrogen) atoms. The van der Waals surface area contributed by atoms with Crippen LogP contribution in [-0.2, 0) is 4.79 Å². The number of amides is 1. The van der Waals surface area contributed by atoms with E-state index in [1.54, 1.807) is 0 Å². The second-order valence-electron chi connectivity index (χ2n) is 5.02. The zero-order valence-corrected chi connectivity index (χ0v) is 11.5. The zero-order chi connectivity index (χ0) is 12.1. The van der Waals surface area contributed by atoms with Gasteiger partial charge in [0.05, 0.1) is 0 Å². The highest BCUT2D eigenvalue weighted by molar-refractivity contribution is 7.99. The van der Waals surface area contributed by atoms with Crippen LogP contribution in [0.15, 0.2) is 12.2 Å². The Hall–Kier alpha value is -0.440. The van der Waals surface area contributed by atoms with Crippen molar-refractivity contribution in [1.82, 2.24) is 5.32 Å². The van der Waals surface area contributed by atoms with Crippen LogP contribution in [0.25, 0.3) is 0 Å². The van der Waals surface area contributed by atoms with Crippen LogP contribution in [-0.4, -0.2) is 23.0 Å². The Kier molecular flexibility index (Phi) is 4.96. The Morgan fingerprint density at radius 2 is 2.24 bits per heavy atom. The van der Waals surface area contributed by atoms with Crippen molar-refractivity contribution < 1.29 is 4.79 Å². The highest BCUT2D eigenvalue weighted by Gasteiger charge is 2.30. The molecule has 3 unspecified atom stereocenters. The van der Waals surface area contributed by atoms with E-state index < -0.39 is 0 Å². The molecule has 2 aliphatic rings. The minimum absolute atomic E-state index is 0.230. The maximum atomic E-state index is 12.1. The number of allylic oxidation sites excluding steroid dienone is 2. The largest absolute Gasteiger partial charge is 0.352 e. The van der Waals surface area contributed by atoms with Gasteiger partial charge in [0, 0.05) is 17.2 Å². The lowest BCUT2D eigenvalue weighted by Crippen LogP contribution is -2.42. The molecule has 0 spiro atoms. The van der Waals surface area contributed by atoms with Crippen LogP contribution < -0.4 is 5.32 Å². The Morgan fingerprint density at radius 1 is 1.35 bits per heavy atom. The normalized spacial score (nSPS) is 32.6. The molecule has 2 nitrogen and oxygen atoms in total. The molecule has 3 heteroatoms. The lowest BCUT2D eigenvalue weighted by molar-refractivity contribution is -0.125. The van der Waals surface area contributed by atoms with Gasteiger partial charge in [-0.3, -0.25) is 4.79 Å². The summed E-state index contributed by atoms with van der Waals surface area (Å²) in [4.78, 5) is 12.1. The quantitative estimate of drug-likeness (QED) is 0.780. The van der Waals surface area contributed by atoms with E-state index >= 15 is 0 Å². The van der Waals surface area contributed by atoms with Gasteiger partial charge >= 0.3 is 0 Å². The second kappa shape index (κ2) is 6.48. The lowest BCUT2D eigenvalue weighted by Gasteiger charge is -2.24. The van der Waals surface area contributed by atoms with Crippen molar-refractivity contribution in [3.8, 4) is 0 Å². The van der Waals surface area contributed by atoms with Crippen molar-refractivity contribution in [2.75, 3.05) is 5.75 Å². The van der Waals surface area contributed by atoms with E-state index in [2.05, 4.69) is 24.4 Å². The number of carbonyl (C=O) groups excluding carboxylic acids is 1. The first-order chi connectivity index (χ1) is 8.31. The molecule has 1 amide bonds. The van der Waals surface area contributed by atoms with Gasteiger partial charge in [0.15, 0.2) is 0 Å². The summed E-state index contributed by atoms with van der Waals surface area (Å²) >= 11 is 2.01. The molecular weight excluding hydrogens is 230 g/mol. The average Bonchev–Trinajstić information content (AvgIpc) is 2.78. The molecule has 2 rings (SSSR count). The molecule has 3 atom stereocenters. The first-order valence-corrected chi connectivity index (χ1v) is 7.93. The maximum absolute atomic E-state index is 12.1. The highest BCUT2D eigenvalue weighted by Crippen LogP contribution is 2.30. The fraction of sp³-hybridized carbons (Fsp3) is 0.786. The van der Waals surface area contributed by atoms with Crippen molar-refractivity contribution in [1.29, 1.82) is 0 Å². The summed E-state index contributed by atoms with van der Waals surface area (Å²) in [5, 5.41) is 3.95. The van der Waals surface area contributed by atoms with E-state index in [9.17, 15) is 4.79 Å². The van der Waals surface area contributed by atoms with Gasteiger partial charge in [0.1, 0.15) is 0 Å². The summed E-state index contributed by atoms with van der Waals surface area (Å²) in [5.41, 5.74) is 0. The molecule has 2 aliphatic carbocycles. The number of hydrogen-bond donors (Lipinski definition) is 1. The molecule has 0 saturated heterocycles. The zero-order valence-electron chi connectivity index (χ0n) is 10.7. The van der Waals surface area contributed by atoms with Gasteiger partial charge in [0.2, 0.25) is 5.91 Å². The van der Waals surface area contributed by atoms with Crippen LogP contribution in [0.2, 0.25) is 0 Å². The molecule has 0 radical (unpaired) electrons. The molecule has 1 N–H and O–H groups in total. The van der Waals surface area contributed by atoms with E-state index in [1.807, 2.05) is 11.8 Å². The third-order valence-corrected chi connectivity index (χ3v) is 5.13. The highest BCUT2D eigenvalue weighted by atomic mass is 32.2. The van der Waals surface area contributed by atoms with Crippen LogP contribution in [0.1, 0.15) is 45.4 Å². The van der Waals surface area contributed by atoms with Crippen LogP contribution in [0.4, 0.5) is 0 Å². The van der Waals surface area contributed by atoms with Gasteiger partial charge in [-0.25, -0.2) is 0 Å².